The second-order valence-corrected chi connectivity index (χ2v) is 10.4. The number of anilines is 1. The van der Waals surface area contributed by atoms with E-state index in [0.717, 1.165) is 17.7 Å². The minimum Gasteiger partial charge on any atom is -0.486 e. The summed E-state index contributed by atoms with van der Waals surface area (Å²) in [4.78, 5) is 6.07. The fourth-order valence-corrected chi connectivity index (χ4v) is 5.37. The molecule has 0 atom stereocenters. The first-order valence-electron chi connectivity index (χ1n) is 11.5. The van der Waals surface area contributed by atoms with E-state index in [-0.39, 0.29) is 55.2 Å². The van der Waals surface area contributed by atoms with Crippen LogP contribution in [-0.2, 0) is 16.6 Å². The summed E-state index contributed by atoms with van der Waals surface area (Å²) >= 11 is 0. The van der Waals surface area contributed by atoms with Crippen molar-refractivity contribution in [2.75, 3.05) is 31.1 Å². The van der Waals surface area contributed by atoms with Gasteiger partial charge >= 0.3 is 0 Å². The predicted octanol–water partition coefficient (Wildman–Crippen LogP) is 4.34. The Kier molecular flexibility index (Phi) is 6.69. The normalized spacial score (nSPS) is 14.5. The van der Waals surface area contributed by atoms with Gasteiger partial charge in [-0.25, -0.2) is 12.8 Å². The van der Waals surface area contributed by atoms with Gasteiger partial charge in [0.2, 0.25) is 21.6 Å². The number of furan rings is 1. The third-order valence-corrected chi connectivity index (χ3v) is 7.88. The van der Waals surface area contributed by atoms with E-state index in [1.165, 1.54) is 16.4 Å². The van der Waals surface area contributed by atoms with E-state index < -0.39 is 15.8 Å². The molecule has 37 heavy (non-hydrogen) atoms. The molecule has 2 aromatic carbocycles. The number of piperazine rings is 1. The lowest BCUT2D eigenvalue weighted by molar-refractivity contribution is 0.271. The SMILES string of the molecule is Cc1ccc(OCc2ccc(-c3nc(C#N)c(N4CCN(S(=O)(=O)c5ccc(F)cc5)CC4)o3)o2)cc1. The van der Waals surface area contributed by atoms with Crippen molar-refractivity contribution in [3.05, 3.63) is 83.5 Å². The number of sulfonamides is 1. The number of benzene rings is 2. The van der Waals surface area contributed by atoms with Crippen LogP contribution >= 0.6 is 0 Å². The molecule has 0 aliphatic carbocycles. The molecule has 3 heterocycles. The van der Waals surface area contributed by atoms with E-state index >= 15 is 0 Å². The highest BCUT2D eigenvalue weighted by atomic mass is 32.2. The maximum absolute atomic E-state index is 13.2. The van der Waals surface area contributed by atoms with Gasteiger partial charge in [0.25, 0.3) is 5.89 Å². The molecule has 1 saturated heterocycles. The zero-order valence-corrected chi connectivity index (χ0v) is 20.7. The summed E-state index contributed by atoms with van der Waals surface area (Å²) in [5, 5.41) is 9.61. The first-order chi connectivity index (χ1) is 17.8. The Morgan fingerprint density at radius 3 is 2.38 bits per heavy atom. The zero-order valence-electron chi connectivity index (χ0n) is 19.9. The van der Waals surface area contributed by atoms with Crippen LogP contribution in [0, 0.1) is 24.1 Å². The molecule has 5 rings (SSSR count). The monoisotopic (exact) mass is 522 g/mol. The number of hydrogen-bond acceptors (Lipinski definition) is 8. The number of ether oxygens (including phenoxy) is 1. The fourth-order valence-electron chi connectivity index (χ4n) is 3.95. The van der Waals surface area contributed by atoms with E-state index in [0.29, 0.717) is 17.3 Å². The molecule has 0 saturated carbocycles. The number of aromatic nitrogens is 1. The van der Waals surface area contributed by atoms with E-state index in [2.05, 4.69) is 4.98 Å². The number of nitriles is 1. The van der Waals surface area contributed by atoms with Crippen LogP contribution in [0.15, 0.2) is 74.4 Å². The van der Waals surface area contributed by atoms with Gasteiger partial charge in [0, 0.05) is 26.2 Å². The lowest BCUT2D eigenvalue weighted by Gasteiger charge is -2.33. The van der Waals surface area contributed by atoms with Gasteiger partial charge in [0.15, 0.2) is 5.76 Å². The molecule has 1 aliphatic heterocycles. The molecule has 11 heteroatoms. The smallest absolute Gasteiger partial charge is 0.266 e. The van der Waals surface area contributed by atoms with E-state index in [4.69, 9.17) is 13.6 Å². The summed E-state index contributed by atoms with van der Waals surface area (Å²) in [5.41, 5.74) is 1.22. The van der Waals surface area contributed by atoms with E-state index in [1.807, 2.05) is 37.3 Å². The lowest BCUT2D eigenvalue weighted by Crippen LogP contribution is -2.48. The van der Waals surface area contributed by atoms with Crippen molar-refractivity contribution in [1.29, 1.82) is 5.26 Å². The van der Waals surface area contributed by atoms with Crippen LogP contribution < -0.4 is 9.64 Å². The standard InChI is InChI=1S/C26H23FN4O5S/c1-18-2-6-20(7-3-18)34-17-21-8-11-24(35-21)25-29-23(16-28)26(36-25)30-12-14-31(15-13-30)37(32,33)22-9-4-19(27)5-10-22/h2-11H,12-15,17H2,1H3. The molecular formula is C26H23FN4O5S. The Hall–Kier alpha value is -4.14. The molecule has 0 bridgehead atoms. The lowest BCUT2D eigenvalue weighted by atomic mass is 10.2. The van der Waals surface area contributed by atoms with Gasteiger partial charge in [-0.2, -0.15) is 14.6 Å². The molecule has 0 amide bonds. The molecule has 0 radical (unpaired) electrons. The van der Waals surface area contributed by atoms with E-state index in [9.17, 15) is 18.1 Å². The number of hydrogen-bond donors (Lipinski definition) is 0. The largest absolute Gasteiger partial charge is 0.486 e. The van der Waals surface area contributed by atoms with Gasteiger partial charge < -0.3 is 18.5 Å². The van der Waals surface area contributed by atoms with Crippen molar-refractivity contribution in [1.82, 2.24) is 9.29 Å². The van der Waals surface area contributed by atoms with Crippen molar-refractivity contribution < 1.29 is 26.4 Å². The minimum atomic E-state index is -3.76. The molecule has 0 spiro atoms. The Balaban J connectivity index is 1.26. The molecule has 1 fully saturated rings. The van der Waals surface area contributed by atoms with Crippen molar-refractivity contribution in [3.63, 3.8) is 0 Å². The average molecular weight is 523 g/mol. The number of halogens is 1. The van der Waals surface area contributed by atoms with Gasteiger partial charge in [0.05, 0.1) is 4.90 Å². The van der Waals surface area contributed by atoms with Crippen LogP contribution in [0.3, 0.4) is 0 Å². The first-order valence-corrected chi connectivity index (χ1v) is 13.0. The molecule has 2 aromatic heterocycles. The van der Waals surface area contributed by atoms with Gasteiger partial charge in [0.1, 0.15) is 30.0 Å². The zero-order chi connectivity index (χ0) is 26.0. The quantitative estimate of drug-likeness (QED) is 0.352. The van der Waals surface area contributed by atoms with Crippen LogP contribution in [0.4, 0.5) is 10.3 Å². The van der Waals surface area contributed by atoms with Crippen molar-refractivity contribution in [2.45, 2.75) is 18.4 Å². The van der Waals surface area contributed by atoms with Crippen LogP contribution in [0.5, 0.6) is 5.75 Å². The number of nitrogens with zero attached hydrogens (tertiary/aromatic N) is 4. The Morgan fingerprint density at radius 2 is 1.70 bits per heavy atom. The molecule has 1 aliphatic rings. The predicted molar refractivity (Wildman–Crippen MR) is 132 cm³/mol. The average Bonchev–Trinajstić information content (AvgIpc) is 3.56. The molecule has 190 valence electrons. The summed E-state index contributed by atoms with van der Waals surface area (Å²) in [6.07, 6.45) is 0. The highest BCUT2D eigenvalue weighted by Crippen LogP contribution is 2.31. The maximum atomic E-state index is 13.2. The minimum absolute atomic E-state index is 0.0296. The van der Waals surface area contributed by atoms with Gasteiger partial charge in [-0.1, -0.05) is 17.7 Å². The maximum Gasteiger partial charge on any atom is 0.266 e. The van der Waals surface area contributed by atoms with Crippen molar-refractivity contribution in [3.8, 4) is 23.5 Å². The second-order valence-electron chi connectivity index (χ2n) is 8.50. The Bertz CT molecular complexity index is 1530. The van der Waals surface area contributed by atoms with Crippen LogP contribution in [0.1, 0.15) is 17.0 Å². The van der Waals surface area contributed by atoms with Crippen LogP contribution in [0.25, 0.3) is 11.7 Å². The molecule has 4 aromatic rings. The van der Waals surface area contributed by atoms with Crippen LogP contribution in [0.2, 0.25) is 0 Å². The summed E-state index contributed by atoms with van der Waals surface area (Å²) in [6, 6.07) is 17.9. The van der Waals surface area contributed by atoms with E-state index in [1.54, 1.807) is 17.0 Å². The van der Waals surface area contributed by atoms with Crippen molar-refractivity contribution in [2.24, 2.45) is 0 Å². The summed E-state index contributed by atoms with van der Waals surface area (Å²) in [7, 11) is -3.76. The summed E-state index contributed by atoms with van der Waals surface area (Å²) in [6.45, 7) is 3.13. The van der Waals surface area contributed by atoms with Gasteiger partial charge in [-0.05, 0) is 55.5 Å². The topological polar surface area (TPSA) is 113 Å². The number of oxazole rings is 1. The number of aryl methyl sites for hydroxylation is 1. The van der Waals surface area contributed by atoms with Crippen LogP contribution in [-0.4, -0.2) is 43.9 Å². The van der Waals surface area contributed by atoms with Gasteiger partial charge in [-0.3, -0.25) is 0 Å². The van der Waals surface area contributed by atoms with Crippen molar-refractivity contribution >= 4 is 15.9 Å². The Labute approximate surface area is 213 Å². The highest BCUT2D eigenvalue weighted by molar-refractivity contribution is 7.89. The third-order valence-electron chi connectivity index (χ3n) is 5.97. The summed E-state index contributed by atoms with van der Waals surface area (Å²) < 4.78 is 57.7. The first kappa shape index (κ1) is 24.5. The fraction of sp³-hybridized carbons (Fsp3) is 0.231. The Morgan fingerprint density at radius 1 is 1.00 bits per heavy atom. The summed E-state index contributed by atoms with van der Waals surface area (Å²) in [5.74, 6) is 1.53. The highest BCUT2D eigenvalue weighted by Gasteiger charge is 2.31. The molecular weight excluding hydrogens is 499 g/mol. The third kappa shape index (κ3) is 5.21. The van der Waals surface area contributed by atoms with Gasteiger partial charge in [-0.15, -0.1) is 0 Å². The molecule has 9 nitrogen and oxygen atoms in total. The second kappa shape index (κ2) is 10.1. The number of rotatable bonds is 7. The molecule has 0 unspecified atom stereocenters. The molecule has 0 N–H and O–H groups in total.